The van der Waals surface area contributed by atoms with Crippen molar-refractivity contribution in [3.63, 3.8) is 0 Å². The van der Waals surface area contributed by atoms with Crippen LogP contribution in [0.15, 0.2) is 24.3 Å². The highest BCUT2D eigenvalue weighted by Crippen LogP contribution is 2.41. The second-order valence-corrected chi connectivity index (χ2v) is 7.71. The van der Waals surface area contributed by atoms with Crippen LogP contribution in [0, 0.1) is 6.92 Å². The molecule has 2 N–H and O–H groups in total. The van der Waals surface area contributed by atoms with Gasteiger partial charge in [0.15, 0.2) is 0 Å². The fraction of sp³-hybridized carbons (Fsp3) is 0.650. The summed E-state index contributed by atoms with van der Waals surface area (Å²) in [4.78, 5) is 14.5. The fourth-order valence-corrected chi connectivity index (χ4v) is 4.37. The molecule has 0 bridgehead atoms. The van der Waals surface area contributed by atoms with E-state index in [-0.39, 0.29) is 18.3 Å². The summed E-state index contributed by atoms with van der Waals surface area (Å²) in [6.07, 6.45) is -1.15. The molecule has 4 nitrogen and oxygen atoms in total. The Bertz CT molecular complexity index is 656. The zero-order valence-corrected chi connectivity index (χ0v) is 17.0. The molecule has 1 aliphatic heterocycles. The highest BCUT2D eigenvalue weighted by Gasteiger charge is 2.46. The van der Waals surface area contributed by atoms with Crippen LogP contribution in [-0.4, -0.2) is 55.7 Å². The van der Waals surface area contributed by atoms with E-state index >= 15 is 0 Å². The number of nitrogens with one attached hydrogen (secondary N) is 2. The summed E-state index contributed by atoms with van der Waals surface area (Å²) >= 11 is 0. The molecule has 1 aromatic carbocycles. The molecule has 3 rings (SSSR count). The predicted octanol–water partition coefficient (Wildman–Crippen LogP) is 3.18. The summed E-state index contributed by atoms with van der Waals surface area (Å²) in [5, 5.41) is 5.73. The number of carbonyl (C=O) groups excluding carboxylic acids is 1. The van der Waals surface area contributed by atoms with E-state index in [1.54, 1.807) is 0 Å². The molecule has 0 aromatic heterocycles. The van der Waals surface area contributed by atoms with E-state index < -0.39 is 24.2 Å². The Labute approximate surface area is 170 Å². The highest BCUT2D eigenvalue weighted by molar-refractivity contribution is 5.88. The van der Waals surface area contributed by atoms with Gasteiger partial charge in [-0.25, -0.2) is 0 Å². The quantitative estimate of drug-likeness (QED) is 0.770. The summed E-state index contributed by atoms with van der Waals surface area (Å²) in [5.74, 6) is -0.269. The normalized spacial score (nSPS) is 21.0. The smallest absolute Gasteiger partial charge is 0.353 e. The first kappa shape index (κ1) is 23.0. The van der Waals surface area contributed by atoms with Gasteiger partial charge in [-0.1, -0.05) is 42.7 Å². The van der Waals surface area contributed by atoms with Gasteiger partial charge in [-0.05, 0) is 25.3 Å². The maximum absolute atomic E-state index is 13.6. The van der Waals surface area contributed by atoms with E-state index in [1.165, 1.54) is 4.90 Å². The van der Waals surface area contributed by atoms with Crippen LogP contribution in [0.3, 0.4) is 0 Å². The number of hydrogen-bond donors (Lipinski definition) is 2. The lowest BCUT2D eigenvalue weighted by Crippen LogP contribution is -2.58. The molecular formula is C20H29ClF3N3O. The number of nitrogens with zero attached hydrogens (tertiary/aromatic N) is 1. The maximum Gasteiger partial charge on any atom is 0.405 e. The number of amides is 1. The van der Waals surface area contributed by atoms with E-state index in [0.717, 1.165) is 24.0 Å². The maximum atomic E-state index is 13.6. The van der Waals surface area contributed by atoms with Crippen molar-refractivity contribution in [2.45, 2.75) is 50.2 Å². The summed E-state index contributed by atoms with van der Waals surface area (Å²) in [5.41, 5.74) is 1.27. The Balaban J connectivity index is 0.00000280. The summed E-state index contributed by atoms with van der Waals surface area (Å²) in [6.45, 7) is 3.32. The molecule has 1 heterocycles. The van der Waals surface area contributed by atoms with Crippen LogP contribution >= 0.6 is 12.4 Å². The van der Waals surface area contributed by atoms with Crippen molar-refractivity contribution >= 4 is 18.3 Å². The van der Waals surface area contributed by atoms with Crippen LogP contribution in [0.4, 0.5) is 13.2 Å². The Hall–Kier alpha value is -1.31. The van der Waals surface area contributed by atoms with Crippen molar-refractivity contribution in [2.75, 3.05) is 32.7 Å². The van der Waals surface area contributed by atoms with Crippen LogP contribution < -0.4 is 10.6 Å². The lowest BCUT2D eigenvalue weighted by molar-refractivity contribution is -0.184. The first-order valence-corrected chi connectivity index (χ1v) is 9.70. The average Bonchev–Trinajstić information content (AvgIpc) is 3.13. The van der Waals surface area contributed by atoms with Gasteiger partial charge in [-0.15, -0.1) is 12.4 Å². The molecule has 8 heteroatoms. The molecule has 158 valence electrons. The van der Waals surface area contributed by atoms with E-state index in [9.17, 15) is 18.0 Å². The second kappa shape index (κ2) is 9.46. The van der Waals surface area contributed by atoms with Crippen molar-refractivity contribution in [3.05, 3.63) is 35.4 Å². The third-order valence-electron chi connectivity index (χ3n) is 5.89. The number of benzene rings is 1. The van der Waals surface area contributed by atoms with Crippen molar-refractivity contribution < 1.29 is 18.0 Å². The standard InChI is InChI=1S/C20H28F3N3O.ClH/c1-15-5-4-6-16(13-15)19(7-2-3-8-19)18(27)25-14-17(20(21,22)23)26-11-9-24-10-12-26;/h4-6,13,17,24H,2-3,7-12,14H2,1H3,(H,25,27);1H. The highest BCUT2D eigenvalue weighted by atomic mass is 35.5. The number of rotatable bonds is 5. The molecule has 2 aliphatic rings. The molecule has 1 unspecified atom stereocenters. The molecule has 1 saturated heterocycles. The Kier molecular flexibility index (Phi) is 7.76. The fourth-order valence-electron chi connectivity index (χ4n) is 4.37. The number of aryl methyl sites for hydroxylation is 1. The zero-order chi connectivity index (χ0) is 19.5. The van der Waals surface area contributed by atoms with E-state index in [1.807, 2.05) is 31.2 Å². The molecule has 0 spiro atoms. The van der Waals surface area contributed by atoms with Crippen LogP contribution in [-0.2, 0) is 10.2 Å². The van der Waals surface area contributed by atoms with Gasteiger partial charge in [0.1, 0.15) is 6.04 Å². The third-order valence-corrected chi connectivity index (χ3v) is 5.89. The van der Waals surface area contributed by atoms with Gasteiger partial charge < -0.3 is 10.6 Å². The van der Waals surface area contributed by atoms with Crippen LogP contribution in [0.5, 0.6) is 0 Å². The summed E-state index contributed by atoms with van der Waals surface area (Å²) in [6, 6.07) is 6.16. The zero-order valence-electron chi connectivity index (χ0n) is 16.1. The Morgan fingerprint density at radius 1 is 1.25 bits per heavy atom. The first-order chi connectivity index (χ1) is 12.8. The first-order valence-electron chi connectivity index (χ1n) is 9.70. The van der Waals surface area contributed by atoms with Gasteiger partial charge in [-0.2, -0.15) is 13.2 Å². The molecule has 2 fully saturated rings. The predicted molar refractivity (Wildman–Crippen MR) is 106 cm³/mol. The van der Waals surface area contributed by atoms with Gasteiger partial charge in [0.05, 0.1) is 5.41 Å². The largest absolute Gasteiger partial charge is 0.405 e. The lowest BCUT2D eigenvalue weighted by Gasteiger charge is -2.37. The summed E-state index contributed by atoms with van der Waals surface area (Å²) < 4.78 is 40.8. The average molecular weight is 420 g/mol. The number of piperazine rings is 1. The van der Waals surface area contributed by atoms with Crippen molar-refractivity contribution in [1.82, 2.24) is 15.5 Å². The monoisotopic (exact) mass is 419 g/mol. The second-order valence-electron chi connectivity index (χ2n) is 7.71. The molecule has 1 amide bonds. The molecule has 1 aliphatic carbocycles. The number of hydrogen-bond acceptors (Lipinski definition) is 3. The van der Waals surface area contributed by atoms with E-state index in [0.29, 0.717) is 39.0 Å². The van der Waals surface area contributed by atoms with Crippen molar-refractivity contribution in [2.24, 2.45) is 0 Å². The molecule has 1 atom stereocenters. The molecule has 28 heavy (non-hydrogen) atoms. The van der Waals surface area contributed by atoms with Gasteiger partial charge in [-0.3, -0.25) is 9.69 Å². The van der Waals surface area contributed by atoms with E-state index in [4.69, 9.17) is 0 Å². The third kappa shape index (κ3) is 4.99. The number of alkyl halides is 3. The van der Waals surface area contributed by atoms with Gasteiger partial charge >= 0.3 is 6.18 Å². The SMILES string of the molecule is Cc1cccc(C2(C(=O)NCC(N3CCNCC3)C(F)(F)F)CCCC2)c1.Cl. The molecule has 1 aromatic rings. The van der Waals surface area contributed by atoms with E-state index in [2.05, 4.69) is 10.6 Å². The van der Waals surface area contributed by atoms with Crippen LogP contribution in [0.2, 0.25) is 0 Å². The number of halogens is 4. The Morgan fingerprint density at radius 3 is 2.46 bits per heavy atom. The van der Waals surface area contributed by atoms with Crippen molar-refractivity contribution in [3.8, 4) is 0 Å². The summed E-state index contributed by atoms with van der Waals surface area (Å²) in [7, 11) is 0. The van der Waals surface area contributed by atoms with Gasteiger partial charge in [0, 0.05) is 32.7 Å². The Morgan fingerprint density at radius 2 is 1.89 bits per heavy atom. The minimum Gasteiger partial charge on any atom is -0.353 e. The van der Waals surface area contributed by atoms with Crippen LogP contribution in [0.25, 0.3) is 0 Å². The number of carbonyl (C=O) groups is 1. The molecule has 1 saturated carbocycles. The molecular weight excluding hydrogens is 391 g/mol. The minimum atomic E-state index is -4.36. The van der Waals surface area contributed by atoms with Crippen molar-refractivity contribution in [1.29, 1.82) is 0 Å². The minimum absolute atomic E-state index is 0. The van der Waals surface area contributed by atoms with Gasteiger partial charge in [0.2, 0.25) is 5.91 Å². The van der Waals surface area contributed by atoms with Gasteiger partial charge in [0.25, 0.3) is 0 Å². The molecule has 0 radical (unpaired) electrons. The van der Waals surface area contributed by atoms with Crippen LogP contribution in [0.1, 0.15) is 36.8 Å². The topological polar surface area (TPSA) is 44.4 Å². The lowest BCUT2D eigenvalue weighted by atomic mass is 9.77.